The molecule has 2 aromatic rings. The number of ether oxygens (including phenoxy) is 1. The van der Waals surface area contributed by atoms with E-state index < -0.39 is 0 Å². The van der Waals surface area contributed by atoms with Gasteiger partial charge in [0.15, 0.2) is 5.82 Å². The van der Waals surface area contributed by atoms with Crippen LogP contribution in [0.25, 0.3) is 0 Å². The second-order valence-electron chi connectivity index (χ2n) is 5.96. The van der Waals surface area contributed by atoms with E-state index in [0.717, 1.165) is 5.56 Å². The van der Waals surface area contributed by atoms with Crippen LogP contribution in [0, 0.1) is 13.8 Å². The Kier molecular flexibility index (Phi) is 7.35. The van der Waals surface area contributed by atoms with Crippen molar-refractivity contribution >= 4 is 17.6 Å². The summed E-state index contributed by atoms with van der Waals surface area (Å²) in [5, 5.41) is 6.38. The van der Waals surface area contributed by atoms with Crippen LogP contribution in [-0.4, -0.2) is 48.2 Å². The van der Waals surface area contributed by atoms with Crippen molar-refractivity contribution in [1.29, 1.82) is 0 Å². The third kappa shape index (κ3) is 5.70. The number of hydrogen-bond acceptors (Lipinski definition) is 5. The van der Waals surface area contributed by atoms with E-state index in [4.69, 9.17) is 9.26 Å². The molecule has 0 bridgehead atoms. The van der Waals surface area contributed by atoms with Crippen molar-refractivity contribution in [2.75, 3.05) is 31.6 Å². The van der Waals surface area contributed by atoms with Crippen LogP contribution in [-0.2, 0) is 9.53 Å². The zero-order valence-electron chi connectivity index (χ0n) is 15.4. The van der Waals surface area contributed by atoms with Crippen molar-refractivity contribution in [3.05, 3.63) is 47.2 Å². The lowest BCUT2D eigenvalue weighted by atomic mass is 10.1. The van der Waals surface area contributed by atoms with Gasteiger partial charge in [-0.1, -0.05) is 23.4 Å². The minimum absolute atomic E-state index is 0.0643. The van der Waals surface area contributed by atoms with Gasteiger partial charge < -0.3 is 19.5 Å². The minimum Gasteiger partial charge on any atom is -0.382 e. The quantitative estimate of drug-likeness (QED) is 0.696. The van der Waals surface area contributed by atoms with Crippen molar-refractivity contribution < 1.29 is 18.8 Å². The third-order valence-corrected chi connectivity index (χ3v) is 3.81. The van der Waals surface area contributed by atoms with Crippen molar-refractivity contribution in [2.45, 2.75) is 27.2 Å². The molecule has 1 aromatic carbocycles. The second-order valence-corrected chi connectivity index (χ2v) is 5.96. The fourth-order valence-corrected chi connectivity index (χ4v) is 2.52. The van der Waals surface area contributed by atoms with Crippen molar-refractivity contribution in [3.8, 4) is 0 Å². The summed E-state index contributed by atoms with van der Waals surface area (Å²) in [6.45, 7) is 7.07. The Hall–Kier alpha value is -2.67. The van der Waals surface area contributed by atoms with Gasteiger partial charge in [0.05, 0.1) is 0 Å². The number of carbonyl (C=O) groups excluding carboxylic acids is 2. The van der Waals surface area contributed by atoms with E-state index in [0.29, 0.717) is 43.3 Å². The van der Waals surface area contributed by atoms with Gasteiger partial charge in [-0.2, -0.15) is 0 Å². The van der Waals surface area contributed by atoms with Gasteiger partial charge in [0.1, 0.15) is 12.3 Å². The summed E-state index contributed by atoms with van der Waals surface area (Å²) in [5.41, 5.74) is 1.47. The second kappa shape index (κ2) is 9.72. The lowest BCUT2D eigenvalue weighted by molar-refractivity contribution is -0.117. The molecule has 1 aromatic heterocycles. The van der Waals surface area contributed by atoms with E-state index in [1.165, 1.54) is 4.90 Å². The summed E-state index contributed by atoms with van der Waals surface area (Å²) in [6, 6.07) is 8.97. The van der Waals surface area contributed by atoms with Gasteiger partial charge in [-0.05, 0) is 38.8 Å². The monoisotopic (exact) mass is 359 g/mol. The molecule has 1 heterocycles. The summed E-state index contributed by atoms with van der Waals surface area (Å²) in [5.74, 6) is 0.442. The Bertz CT molecular complexity index is 742. The molecule has 0 unspecified atom stereocenters. The highest BCUT2D eigenvalue weighted by Gasteiger charge is 2.20. The van der Waals surface area contributed by atoms with E-state index in [1.54, 1.807) is 19.1 Å². The van der Waals surface area contributed by atoms with E-state index in [9.17, 15) is 9.59 Å². The third-order valence-electron chi connectivity index (χ3n) is 3.81. The molecule has 0 aliphatic heterocycles. The largest absolute Gasteiger partial charge is 0.382 e. The lowest BCUT2D eigenvalue weighted by Gasteiger charge is -2.23. The molecule has 0 saturated carbocycles. The maximum atomic E-state index is 12.9. The Morgan fingerprint density at radius 3 is 2.69 bits per heavy atom. The zero-order chi connectivity index (χ0) is 18.9. The van der Waals surface area contributed by atoms with Crippen molar-refractivity contribution in [3.63, 3.8) is 0 Å². The summed E-state index contributed by atoms with van der Waals surface area (Å²) < 4.78 is 10.3. The first kappa shape index (κ1) is 19.7. The van der Waals surface area contributed by atoms with Gasteiger partial charge in [0.25, 0.3) is 5.91 Å². The molecule has 0 spiro atoms. The SMILES string of the molecule is CCOCCCN(CC(=O)Nc1cc(C)on1)C(=O)c1ccccc1C. The topological polar surface area (TPSA) is 84.7 Å². The smallest absolute Gasteiger partial charge is 0.254 e. The Balaban J connectivity index is 2.05. The molecule has 7 nitrogen and oxygen atoms in total. The van der Waals surface area contributed by atoms with Crippen LogP contribution in [0.15, 0.2) is 34.9 Å². The number of anilines is 1. The first-order chi connectivity index (χ1) is 12.5. The molecule has 0 aliphatic rings. The zero-order valence-corrected chi connectivity index (χ0v) is 15.4. The number of nitrogens with one attached hydrogen (secondary N) is 1. The van der Waals surface area contributed by atoms with Crippen LogP contribution >= 0.6 is 0 Å². The fraction of sp³-hybridized carbons (Fsp3) is 0.421. The maximum absolute atomic E-state index is 12.9. The lowest BCUT2D eigenvalue weighted by Crippen LogP contribution is -2.39. The fourth-order valence-electron chi connectivity index (χ4n) is 2.52. The van der Waals surface area contributed by atoms with Crippen LogP contribution in [0.4, 0.5) is 5.82 Å². The first-order valence-corrected chi connectivity index (χ1v) is 8.67. The molecule has 0 aliphatic carbocycles. The van der Waals surface area contributed by atoms with Crippen LogP contribution in [0.2, 0.25) is 0 Å². The summed E-state index contributed by atoms with van der Waals surface area (Å²) in [7, 11) is 0. The Morgan fingerprint density at radius 1 is 1.27 bits per heavy atom. The molecule has 0 radical (unpaired) electrons. The average Bonchev–Trinajstić information content (AvgIpc) is 3.02. The minimum atomic E-state index is -0.323. The highest BCUT2D eigenvalue weighted by molar-refractivity contribution is 5.99. The number of nitrogens with zero attached hydrogens (tertiary/aromatic N) is 2. The summed E-state index contributed by atoms with van der Waals surface area (Å²) in [4.78, 5) is 26.7. The molecular weight excluding hydrogens is 334 g/mol. The van der Waals surface area contributed by atoms with Crippen LogP contribution in [0.3, 0.4) is 0 Å². The maximum Gasteiger partial charge on any atom is 0.254 e. The predicted molar refractivity (Wildman–Crippen MR) is 98.1 cm³/mol. The number of carbonyl (C=O) groups is 2. The molecule has 2 rings (SSSR count). The van der Waals surface area contributed by atoms with Crippen LogP contribution < -0.4 is 5.32 Å². The molecule has 7 heteroatoms. The summed E-state index contributed by atoms with van der Waals surface area (Å²) >= 11 is 0. The van der Waals surface area contributed by atoms with Gasteiger partial charge in [-0.25, -0.2) is 0 Å². The van der Waals surface area contributed by atoms with E-state index >= 15 is 0 Å². The highest BCUT2D eigenvalue weighted by atomic mass is 16.5. The standard InChI is InChI=1S/C19H25N3O4/c1-4-25-11-7-10-22(19(24)16-9-6-5-8-14(16)2)13-18(23)20-17-12-15(3)26-21-17/h5-6,8-9,12H,4,7,10-11,13H2,1-3H3,(H,20,21,23). The number of benzene rings is 1. The molecule has 0 saturated heterocycles. The summed E-state index contributed by atoms with van der Waals surface area (Å²) in [6.07, 6.45) is 0.655. The molecule has 0 fully saturated rings. The molecular formula is C19H25N3O4. The first-order valence-electron chi connectivity index (χ1n) is 8.67. The normalized spacial score (nSPS) is 10.6. The van der Waals surface area contributed by atoms with E-state index in [2.05, 4.69) is 10.5 Å². The Morgan fingerprint density at radius 2 is 2.04 bits per heavy atom. The number of aromatic nitrogens is 1. The predicted octanol–water partition coefficient (Wildman–Crippen LogP) is 2.80. The number of amides is 2. The Labute approximate surface area is 153 Å². The van der Waals surface area contributed by atoms with E-state index in [-0.39, 0.29) is 18.4 Å². The molecule has 1 N–H and O–H groups in total. The number of aryl methyl sites for hydroxylation is 2. The van der Waals surface area contributed by atoms with Crippen molar-refractivity contribution in [2.24, 2.45) is 0 Å². The van der Waals surface area contributed by atoms with Gasteiger partial charge in [-0.3, -0.25) is 9.59 Å². The van der Waals surface area contributed by atoms with E-state index in [1.807, 2.05) is 32.0 Å². The van der Waals surface area contributed by atoms with Crippen molar-refractivity contribution in [1.82, 2.24) is 10.1 Å². The number of hydrogen-bond donors (Lipinski definition) is 1. The van der Waals surface area contributed by atoms with Crippen LogP contribution in [0.5, 0.6) is 0 Å². The molecule has 140 valence electrons. The van der Waals surface area contributed by atoms with Gasteiger partial charge in [0, 0.05) is 31.4 Å². The highest BCUT2D eigenvalue weighted by Crippen LogP contribution is 2.12. The number of rotatable bonds is 9. The van der Waals surface area contributed by atoms with Gasteiger partial charge >= 0.3 is 0 Å². The molecule has 26 heavy (non-hydrogen) atoms. The molecule has 2 amide bonds. The molecule has 0 atom stereocenters. The average molecular weight is 359 g/mol. The van der Waals surface area contributed by atoms with Gasteiger partial charge in [-0.15, -0.1) is 0 Å². The van der Waals surface area contributed by atoms with Gasteiger partial charge in [0.2, 0.25) is 5.91 Å². The van der Waals surface area contributed by atoms with Crippen LogP contribution in [0.1, 0.15) is 35.0 Å².